The fourth-order valence-corrected chi connectivity index (χ4v) is 2.37. The van der Waals surface area contributed by atoms with Crippen LogP contribution < -0.4 is 5.56 Å². The summed E-state index contributed by atoms with van der Waals surface area (Å²) in [5, 5.41) is 0.982. The minimum atomic E-state index is -0.140. The first-order valence-electron chi connectivity index (χ1n) is 6.83. The lowest BCUT2D eigenvalue weighted by Crippen LogP contribution is -2.13. The van der Waals surface area contributed by atoms with Gasteiger partial charge < -0.3 is 9.40 Å². The summed E-state index contributed by atoms with van der Waals surface area (Å²) in [5.41, 5.74) is 2.42. The normalized spacial score (nSPS) is 10.9. The van der Waals surface area contributed by atoms with Crippen molar-refractivity contribution >= 4 is 16.7 Å². The first-order chi connectivity index (χ1) is 10.1. The van der Waals surface area contributed by atoms with Crippen molar-refractivity contribution in [2.45, 2.75) is 19.8 Å². The average molecular weight is 281 g/mol. The van der Waals surface area contributed by atoms with Crippen LogP contribution in [-0.2, 0) is 6.42 Å². The lowest BCUT2D eigenvalue weighted by atomic mass is 10.0. The van der Waals surface area contributed by atoms with Gasteiger partial charge in [0.05, 0.1) is 6.26 Å². The van der Waals surface area contributed by atoms with E-state index in [9.17, 15) is 9.59 Å². The Labute approximate surface area is 121 Å². The zero-order valence-electron chi connectivity index (χ0n) is 11.7. The van der Waals surface area contributed by atoms with Gasteiger partial charge in [-0.2, -0.15) is 0 Å². The van der Waals surface area contributed by atoms with Gasteiger partial charge in [0, 0.05) is 17.5 Å². The van der Waals surface area contributed by atoms with E-state index in [0.29, 0.717) is 17.7 Å². The van der Waals surface area contributed by atoms with Crippen LogP contribution in [-0.4, -0.2) is 10.8 Å². The fourth-order valence-electron chi connectivity index (χ4n) is 2.37. The van der Waals surface area contributed by atoms with E-state index in [1.54, 1.807) is 12.1 Å². The highest BCUT2D eigenvalue weighted by molar-refractivity contribution is 5.93. The second-order valence-electron chi connectivity index (χ2n) is 5.11. The largest absolute Gasteiger partial charge is 0.461 e. The Hall–Kier alpha value is -2.62. The molecule has 3 aromatic rings. The second kappa shape index (κ2) is 5.40. The molecule has 4 heteroatoms. The Morgan fingerprint density at radius 1 is 1.24 bits per heavy atom. The molecule has 0 bridgehead atoms. The number of aryl methyl sites for hydroxylation is 2. The highest BCUT2D eigenvalue weighted by Crippen LogP contribution is 2.14. The number of aromatic amines is 1. The Balaban J connectivity index is 1.85. The van der Waals surface area contributed by atoms with E-state index < -0.39 is 0 Å². The molecule has 0 unspecified atom stereocenters. The van der Waals surface area contributed by atoms with Crippen molar-refractivity contribution in [3.8, 4) is 0 Å². The zero-order valence-corrected chi connectivity index (χ0v) is 11.7. The van der Waals surface area contributed by atoms with E-state index in [-0.39, 0.29) is 17.8 Å². The van der Waals surface area contributed by atoms with Gasteiger partial charge in [0.25, 0.3) is 5.56 Å². The van der Waals surface area contributed by atoms with Gasteiger partial charge in [0.1, 0.15) is 0 Å². The van der Waals surface area contributed by atoms with E-state index >= 15 is 0 Å². The molecule has 0 radical (unpaired) electrons. The number of furan rings is 1. The molecule has 1 N–H and O–H groups in total. The molecule has 0 aliphatic heterocycles. The van der Waals surface area contributed by atoms with Crippen LogP contribution in [0.2, 0.25) is 0 Å². The van der Waals surface area contributed by atoms with Gasteiger partial charge >= 0.3 is 0 Å². The van der Waals surface area contributed by atoms with Crippen molar-refractivity contribution in [3.63, 3.8) is 0 Å². The van der Waals surface area contributed by atoms with Crippen LogP contribution in [0.3, 0.4) is 0 Å². The monoisotopic (exact) mass is 281 g/mol. The standard InChI is InChI=1S/C17H15NO3/c1-11-4-6-14-13(9-11)10-12(17(20)18-14)5-7-15(19)16-3-2-8-21-16/h2-4,6,8-10H,5,7H2,1H3,(H,18,20). The number of fused-ring (bicyclic) bond motifs is 1. The van der Waals surface area contributed by atoms with Crippen molar-refractivity contribution in [1.29, 1.82) is 0 Å². The summed E-state index contributed by atoms with van der Waals surface area (Å²) in [4.78, 5) is 26.8. The molecule has 2 aromatic heterocycles. The number of rotatable bonds is 4. The van der Waals surface area contributed by atoms with E-state index in [0.717, 1.165) is 16.5 Å². The lowest BCUT2D eigenvalue weighted by molar-refractivity contribution is 0.0956. The average Bonchev–Trinajstić information content (AvgIpc) is 2.99. The van der Waals surface area contributed by atoms with Crippen LogP contribution in [0.25, 0.3) is 10.9 Å². The van der Waals surface area contributed by atoms with Crippen LogP contribution in [0.5, 0.6) is 0 Å². The highest BCUT2D eigenvalue weighted by Gasteiger charge is 2.11. The summed E-state index contributed by atoms with van der Waals surface area (Å²) in [5.74, 6) is 0.242. The van der Waals surface area contributed by atoms with Crippen molar-refractivity contribution in [3.05, 3.63) is 69.9 Å². The molecule has 21 heavy (non-hydrogen) atoms. The number of carbonyl (C=O) groups excluding carboxylic acids is 1. The van der Waals surface area contributed by atoms with Crippen LogP contribution in [0.4, 0.5) is 0 Å². The van der Waals surface area contributed by atoms with Gasteiger partial charge in [-0.15, -0.1) is 0 Å². The maximum Gasteiger partial charge on any atom is 0.251 e. The molecule has 0 fully saturated rings. The van der Waals surface area contributed by atoms with E-state index in [2.05, 4.69) is 4.98 Å². The number of nitrogens with one attached hydrogen (secondary N) is 1. The molecule has 0 amide bonds. The smallest absolute Gasteiger partial charge is 0.251 e. The van der Waals surface area contributed by atoms with Crippen molar-refractivity contribution < 1.29 is 9.21 Å². The van der Waals surface area contributed by atoms with Crippen molar-refractivity contribution in [1.82, 2.24) is 4.98 Å². The molecule has 2 heterocycles. The number of ketones is 1. The third-order valence-corrected chi connectivity index (χ3v) is 3.49. The first kappa shape index (κ1) is 13.4. The second-order valence-corrected chi connectivity index (χ2v) is 5.11. The maximum absolute atomic E-state index is 12.0. The number of aromatic nitrogens is 1. The number of hydrogen-bond acceptors (Lipinski definition) is 3. The number of pyridine rings is 1. The van der Waals surface area contributed by atoms with Gasteiger partial charge in [-0.1, -0.05) is 11.6 Å². The molecule has 0 aliphatic rings. The molecule has 0 spiro atoms. The van der Waals surface area contributed by atoms with Gasteiger partial charge in [0.2, 0.25) is 0 Å². The van der Waals surface area contributed by atoms with Gasteiger partial charge in [-0.3, -0.25) is 9.59 Å². The van der Waals surface area contributed by atoms with Gasteiger partial charge in [-0.05, 0) is 49.1 Å². The molecular weight excluding hydrogens is 266 g/mol. The number of H-pyrrole nitrogens is 1. The first-order valence-corrected chi connectivity index (χ1v) is 6.83. The number of benzene rings is 1. The van der Waals surface area contributed by atoms with E-state index in [1.165, 1.54) is 6.26 Å². The number of carbonyl (C=O) groups is 1. The topological polar surface area (TPSA) is 63.1 Å². The molecular formula is C17H15NO3. The Kier molecular flexibility index (Phi) is 3.44. The van der Waals surface area contributed by atoms with E-state index in [4.69, 9.17) is 4.42 Å². The quantitative estimate of drug-likeness (QED) is 0.747. The summed E-state index contributed by atoms with van der Waals surface area (Å²) in [6.07, 6.45) is 2.13. The highest BCUT2D eigenvalue weighted by atomic mass is 16.3. The molecule has 0 aliphatic carbocycles. The maximum atomic E-state index is 12.0. The zero-order chi connectivity index (χ0) is 14.8. The molecule has 0 saturated heterocycles. The molecule has 106 valence electrons. The Morgan fingerprint density at radius 2 is 2.10 bits per heavy atom. The Bertz CT molecular complexity index is 844. The summed E-state index contributed by atoms with van der Waals surface area (Å²) in [7, 11) is 0. The summed E-state index contributed by atoms with van der Waals surface area (Å²) >= 11 is 0. The van der Waals surface area contributed by atoms with Crippen LogP contribution in [0.1, 0.15) is 28.1 Å². The summed E-state index contributed by atoms with van der Waals surface area (Å²) < 4.78 is 5.06. The SMILES string of the molecule is Cc1ccc2[nH]c(=O)c(CCC(=O)c3ccco3)cc2c1. The van der Waals surface area contributed by atoms with Crippen LogP contribution in [0, 0.1) is 6.92 Å². The molecule has 3 rings (SSSR count). The van der Waals surface area contributed by atoms with Gasteiger partial charge in [0.15, 0.2) is 11.5 Å². The summed E-state index contributed by atoms with van der Waals surface area (Å²) in [6.45, 7) is 2.00. The van der Waals surface area contributed by atoms with Crippen LogP contribution >= 0.6 is 0 Å². The lowest BCUT2D eigenvalue weighted by Gasteiger charge is -2.04. The van der Waals surface area contributed by atoms with Crippen molar-refractivity contribution in [2.75, 3.05) is 0 Å². The third kappa shape index (κ3) is 2.79. The summed E-state index contributed by atoms with van der Waals surface area (Å²) in [6, 6.07) is 11.0. The predicted molar refractivity (Wildman–Crippen MR) is 80.7 cm³/mol. The Morgan fingerprint density at radius 3 is 2.86 bits per heavy atom. The molecule has 4 nitrogen and oxygen atoms in total. The van der Waals surface area contributed by atoms with Gasteiger partial charge in [-0.25, -0.2) is 0 Å². The molecule has 1 aromatic carbocycles. The predicted octanol–water partition coefficient (Wildman–Crippen LogP) is 3.25. The molecule has 0 saturated carbocycles. The fraction of sp³-hybridized carbons (Fsp3) is 0.176. The minimum Gasteiger partial charge on any atom is -0.461 e. The number of hydrogen-bond donors (Lipinski definition) is 1. The molecule has 0 atom stereocenters. The number of Topliss-reactive ketones (excluding diaryl/α,β-unsaturated/α-hetero) is 1. The van der Waals surface area contributed by atoms with Crippen molar-refractivity contribution in [2.24, 2.45) is 0 Å². The van der Waals surface area contributed by atoms with E-state index in [1.807, 2.05) is 31.2 Å². The third-order valence-electron chi connectivity index (χ3n) is 3.49. The van der Waals surface area contributed by atoms with Crippen LogP contribution in [0.15, 0.2) is 51.9 Å². The minimum absolute atomic E-state index is 0.0938.